The van der Waals surface area contributed by atoms with Crippen LogP contribution in [0.1, 0.15) is 24.1 Å². The van der Waals surface area contributed by atoms with Crippen LogP contribution in [0.25, 0.3) is 0 Å². The molecular formula is C11H11N3O2S2. The number of rotatable bonds is 5. The first-order valence-electron chi connectivity index (χ1n) is 5.48. The topological polar surface area (TPSA) is 85.0 Å². The predicted octanol–water partition coefficient (Wildman–Crippen LogP) is 1.69. The van der Waals surface area contributed by atoms with Gasteiger partial charge in [0.05, 0.1) is 6.07 Å². The van der Waals surface area contributed by atoms with Crippen LogP contribution in [0.4, 0.5) is 0 Å². The van der Waals surface area contributed by atoms with Crippen molar-refractivity contribution in [2.45, 2.75) is 29.5 Å². The molecule has 1 aromatic rings. The van der Waals surface area contributed by atoms with Crippen LogP contribution in [0.3, 0.4) is 0 Å². The van der Waals surface area contributed by atoms with Crippen molar-refractivity contribution in [3.63, 3.8) is 0 Å². The van der Waals surface area contributed by atoms with Gasteiger partial charge in [-0.3, -0.25) is 0 Å². The van der Waals surface area contributed by atoms with Gasteiger partial charge in [-0.1, -0.05) is 0 Å². The highest BCUT2D eigenvalue weighted by Gasteiger charge is 2.38. The van der Waals surface area contributed by atoms with E-state index in [4.69, 9.17) is 10.5 Å². The number of nitriles is 2. The Bertz CT molecular complexity index is 617. The average Bonchev–Trinajstić information content (AvgIpc) is 3.05. The van der Waals surface area contributed by atoms with Crippen LogP contribution in [0.15, 0.2) is 16.3 Å². The maximum atomic E-state index is 12.4. The van der Waals surface area contributed by atoms with E-state index in [0.29, 0.717) is 4.88 Å². The number of hydrogen-bond donors (Lipinski definition) is 0. The average molecular weight is 281 g/mol. The lowest BCUT2D eigenvalue weighted by atomic mass is 10.4. The number of hydrogen-bond acceptors (Lipinski definition) is 5. The quantitative estimate of drug-likeness (QED) is 0.822. The summed E-state index contributed by atoms with van der Waals surface area (Å²) < 4.78 is 26.3. The van der Waals surface area contributed by atoms with Gasteiger partial charge in [-0.2, -0.15) is 14.8 Å². The highest BCUT2D eigenvalue weighted by molar-refractivity contribution is 7.91. The van der Waals surface area contributed by atoms with Crippen LogP contribution < -0.4 is 0 Å². The van der Waals surface area contributed by atoms with E-state index in [1.807, 2.05) is 12.1 Å². The van der Waals surface area contributed by atoms with Crippen molar-refractivity contribution >= 4 is 21.4 Å². The fourth-order valence-electron chi connectivity index (χ4n) is 1.66. The van der Waals surface area contributed by atoms with E-state index in [2.05, 4.69) is 0 Å². The Morgan fingerprint density at radius 2 is 2.11 bits per heavy atom. The van der Waals surface area contributed by atoms with E-state index in [1.165, 1.54) is 16.4 Å². The minimum absolute atomic E-state index is 0.0241. The second kappa shape index (κ2) is 5.07. The van der Waals surface area contributed by atoms with E-state index >= 15 is 0 Å². The first-order chi connectivity index (χ1) is 8.59. The summed E-state index contributed by atoms with van der Waals surface area (Å²) in [6.07, 6.45) is 1.88. The van der Waals surface area contributed by atoms with Crippen molar-refractivity contribution in [3.05, 3.63) is 17.0 Å². The summed E-state index contributed by atoms with van der Waals surface area (Å²) >= 11 is 0.973. The molecule has 0 amide bonds. The van der Waals surface area contributed by atoms with Crippen molar-refractivity contribution in [2.24, 2.45) is 0 Å². The SMILES string of the molecule is N#CCCN(C1CC1)S(=O)(=O)c1ccc(C#N)s1. The molecule has 0 aliphatic heterocycles. The lowest BCUT2D eigenvalue weighted by molar-refractivity contribution is 0.412. The largest absolute Gasteiger partial charge is 0.252 e. The molecule has 1 saturated carbocycles. The summed E-state index contributed by atoms with van der Waals surface area (Å²) in [5, 5.41) is 17.3. The fourth-order valence-corrected chi connectivity index (χ4v) is 4.57. The van der Waals surface area contributed by atoms with Crippen LogP contribution in [-0.2, 0) is 10.0 Å². The fraction of sp³-hybridized carbons (Fsp3) is 0.455. The van der Waals surface area contributed by atoms with Gasteiger partial charge >= 0.3 is 0 Å². The Morgan fingerprint density at radius 1 is 1.39 bits per heavy atom. The van der Waals surface area contributed by atoms with Gasteiger partial charge in [0, 0.05) is 19.0 Å². The van der Waals surface area contributed by atoms with E-state index < -0.39 is 10.0 Å². The third-order valence-electron chi connectivity index (χ3n) is 2.65. The monoisotopic (exact) mass is 281 g/mol. The molecule has 1 aliphatic rings. The van der Waals surface area contributed by atoms with Crippen molar-refractivity contribution in [2.75, 3.05) is 6.54 Å². The summed E-state index contributed by atoms with van der Waals surface area (Å²) in [5.41, 5.74) is 0. The van der Waals surface area contributed by atoms with Gasteiger partial charge in [0.25, 0.3) is 10.0 Å². The van der Waals surface area contributed by atoms with Crippen molar-refractivity contribution in [3.8, 4) is 12.1 Å². The summed E-state index contributed by atoms with van der Waals surface area (Å²) in [5.74, 6) is 0. The molecule has 0 atom stereocenters. The first-order valence-corrected chi connectivity index (χ1v) is 7.74. The molecular weight excluding hydrogens is 270 g/mol. The van der Waals surface area contributed by atoms with Gasteiger partial charge in [0.2, 0.25) is 0 Å². The molecule has 0 bridgehead atoms. The summed E-state index contributed by atoms with van der Waals surface area (Å²) in [6.45, 7) is 0.225. The Balaban J connectivity index is 2.27. The number of thiophene rings is 1. The molecule has 0 aromatic carbocycles. The number of nitrogens with zero attached hydrogens (tertiary/aromatic N) is 3. The summed E-state index contributed by atoms with van der Waals surface area (Å²) in [6, 6.07) is 6.88. The predicted molar refractivity (Wildman–Crippen MR) is 66.2 cm³/mol. The Labute approximate surface area is 110 Å². The van der Waals surface area contributed by atoms with Crippen molar-refractivity contribution in [1.29, 1.82) is 10.5 Å². The highest BCUT2D eigenvalue weighted by Crippen LogP contribution is 2.34. The normalized spacial score (nSPS) is 15.3. The number of sulfonamides is 1. The van der Waals surface area contributed by atoms with Gasteiger partial charge in [-0.05, 0) is 25.0 Å². The molecule has 1 aliphatic carbocycles. The smallest absolute Gasteiger partial charge is 0.206 e. The van der Waals surface area contributed by atoms with Crippen LogP contribution in [0, 0.1) is 22.7 Å². The van der Waals surface area contributed by atoms with Crippen molar-refractivity contribution < 1.29 is 8.42 Å². The Morgan fingerprint density at radius 3 is 2.61 bits per heavy atom. The van der Waals surface area contributed by atoms with Gasteiger partial charge in [0.1, 0.15) is 15.2 Å². The second-order valence-corrected chi connectivity index (χ2v) is 7.19. The summed E-state index contributed by atoms with van der Waals surface area (Å²) in [7, 11) is -3.55. The Kier molecular flexibility index (Phi) is 3.67. The Hall–Kier alpha value is -1.41. The van der Waals surface area contributed by atoms with Crippen LogP contribution in [0.5, 0.6) is 0 Å². The standard InChI is InChI=1S/C11H11N3O2S2/c12-6-1-7-14(9-2-3-9)18(15,16)11-5-4-10(8-13)17-11/h4-5,9H,1-3,7H2. The van der Waals surface area contributed by atoms with Gasteiger partial charge < -0.3 is 0 Å². The second-order valence-electron chi connectivity index (χ2n) is 3.99. The molecule has 1 aromatic heterocycles. The van der Waals surface area contributed by atoms with Crippen LogP contribution in [0.2, 0.25) is 0 Å². The minimum Gasteiger partial charge on any atom is -0.206 e. The third kappa shape index (κ3) is 2.54. The van der Waals surface area contributed by atoms with Crippen molar-refractivity contribution in [1.82, 2.24) is 4.31 Å². The molecule has 94 valence electrons. The molecule has 0 unspecified atom stereocenters. The molecule has 0 N–H and O–H groups in total. The van der Waals surface area contributed by atoms with E-state index in [0.717, 1.165) is 24.2 Å². The first kappa shape index (κ1) is 13.0. The zero-order valence-electron chi connectivity index (χ0n) is 9.54. The molecule has 2 rings (SSSR count). The molecule has 7 heteroatoms. The van der Waals surface area contributed by atoms with E-state index in [-0.39, 0.29) is 23.2 Å². The minimum atomic E-state index is -3.55. The molecule has 1 heterocycles. The van der Waals surface area contributed by atoms with Crippen LogP contribution >= 0.6 is 11.3 Å². The molecule has 18 heavy (non-hydrogen) atoms. The highest BCUT2D eigenvalue weighted by atomic mass is 32.2. The third-order valence-corrected chi connectivity index (χ3v) is 6.06. The van der Waals surface area contributed by atoms with Gasteiger partial charge in [0.15, 0.2) is 0 Å². The maximum absolute atomic E-state index is 12.4. The van der Waals surface area contributed by atoms with Gasteiger partial charge in [-0.15, -0.1) is 11.3 Å². The van der Waals surface area contributed by atoms with E-state index in [1.54, 1.807) is 0 Å². The molecule has 5 nitrogen and oxygen atoms in total. The zero-order chi connectivity index (χ0) is 13.2. The maximum Gasteiger partial charge on any atom is 0.252 e. The molecule has 0 radical (unpaired) electrons. The molecule has 0 saturated heterocycles. The van der Waals surface area contributed by atoms with E-state index in [9.17, 15) is 8.42 Å². The lowest BCUT2D eigenvalue weighted by Crippen LogP contribution is -2.33. The van der Waals surface area contributed by atoms with Crippen LogP contribution in [-0.4, -0.2) is 25.3 Å². The molecule has 0 spiro atoms. The molecule has 1 fully saturated rings. The summed E-state index contributed by atoms with van der Waals surface area (Å²) in [4.78, 5) is 0.379. The zero-order valence-corrected chi connectivity index (χ0v) is 11.2. The van der Waals surface area contributed by atoms with Gasteiger partial charge in [-0.25, -0.2) is 8.42 Å². The lowest BCUT2D eigenvalue weighted by Gasteiger charge is -2.19.